The third kappa shape index (κ3) is 4.08. The molecule has 2 atom stereocenters. The SMILES string of the molecule is OC1CCCCCC1NC1CCC(c2ccccc2)CC1. The molecule has 0 bridgehead atoms. The molecule has 1 aromatic rings. The lowest BCUT2D eigenvalue weighted by Crippen LogP contribution is -2.46. The van der Waals surface area contributed by atoms with Crippen LogP contribution in [-0.2, 0) is 0 Å². The lowest BCUT2D eigenvalue weighted by atomic mass is 9.81. The number of nitrogens with one attached hydrogen (secondary N) is 1. The van der Waals surface area contributed by atoms with Crippen LogP contribution in [0.2, 0.25) is 0 Å². The highest BCUT2D eigenvalue weighted by Crippen LogP contribution is 2.33. The van der Waals surface area contributed by atoms with Gasteiger partial charge in [0.1, 0.15) is 0 Å². The number of rotatable bonds is 3. The summed E-state index contributed by atoms with van der Waals surface area (Å²) >= 11 is 0. The van der Waals surface area contributed by atoms with E-state index < -0.39 is 0 Å². The highest BCUT2D eigenvalue weighted by molar-refractivity contribution is 5.20. The molecule has 2 aliphatic carbocycles. The second kappa shape index (κ2) is 7.42. The molecular weight excluding hydrogens is 258 g/mol. The van der Waals surface area contributed by atoms with Gasteiger partial charge in [0.25, 0.3) is 0 Å². The molecule has 0 amide bonds. The molecule has 0 heterocycles. The first-order valence-electron chi connectivity index (χ1n) is 8.82. The van der Waals surface area contributed by atoms with E-state index >= 15 is 0 Å². The maximum atomic E-state index is 10.2. The first-order valence-corrected chi connectivity index (χ1v) is 8.82. The van der Waals surface area contributed by atoms with Gasteiger partial charge in [0.15, 0.2) is 0 Å². The quantitative estimate of drug-likeness (QED) is 0.824. The van der Waals surface area contributed by atoms with Crippen LogP contribution in [0.25, 0.3) is 0 Å². The van der Waals surface area contributed by atoms with E-state index in [1.54, 1.807) is 0 Å². The van der Waals surface area contributed by atoms with Gasteiger partial charge in [-0.25, -0.2) is 0 Å². The predicted octanol–water partition coefficient (Wildman–Crippen LogP) is 4.00. The molecule has 2 heteroatoms. The molecule has 0 aromatic heterocycles. The van der Waals surface area contributed by atoms with Crippen molar-refractivity contribution >= 4 is 0 Å². The Morgan fingerprint density at radius 3 is 2.29 bits per heavy atom. The summed E-state index contributed by atoms with van der Waals surface area (Å²) in [6, 6.07) is 11.9. The van der Waals surface area contributed by atoms with E-state index in [0.717, 1.165) is 18.8 Å². The fraction of sp³-hybridized carbons (Fsp3) is 0.684. The van der Waals surface area contributed by atoms with E-state index in [1.807, 2.05) is 0 Å². The molecule has 0 spiro atoms. The van der Waals surface area contributed by atoms with Crippen LogP contribution in [0.1, 0.15) is 69.3 Å². The Balaban J connectivity index is 1.49. The Hall–Kier alpha value is -0.860. The third-order valence-electron chi connectivity index (χ3n) is 5.43. The highest BCUT2D eigenvalue weighted by Gasteiger charge is 2.27. The lowest BCUT2D eigenvalue weighted by molar-refractivity contribution is 0.109. The van der Waals surface area contributed by atoms with Gasteiger partial charge in [-0.3, -0.25) is 0 Å². The molecule has 0 radical (unpaired) electrons. The second-order valence-corrected chi connectivity index (χ2v) is 6.94. The second-order valence-electron chi connectivity index (χ2n) is 6.94. The fourth-order valence-corrected chi connectivity index (χ4v) is 4.10. The van der Waals surface area contributed by atoms with Crippen molar-refractivity contribution in [2.24, 2.45) is 0 Å². The summed E-state index contributed by atoms with van der Waals surface area (Å²) in [5.41, 5.74) is 1.51. The van der Waals surface area contributed by atoms with Gasteiger partial charge in [-0.15, -0.1) is 0 Å². The third-order valence-corrected chi connectivity index (χ3v) is 5.43. The molecular formula is C19H29NO. The van der Waals surface area contributed by atoms with Crippen molar-refractivity contribution in [1.29, 1.82) is 0 Å². The zero-order chi connectivity index (χ0) is 14.5. The van der Waals surface area contributed by atoms with Crippen LogP contribution < -0.4 is 5.32 Å². The Bertz CT molecular complexity index is 411. The first kappa shape index (κ1) is 15.1. The van der Waals surface area contributed by atoms with Crippen molar-refractivity contribution in [1.82, 2.24) is 5.32 Å². The first-order chi connectivity index (χ1) is 10.3. The van der Waals surface area contributed by atoms with Gasteiger partial charge in [0, 0.05) is 12.1 Å². The van der Waals surface area contributed by atoms with Crippen LogP contribution in [0.4, 0.5) is 0 Å². The van der Waals surface area contributed by atoms with Crippen molar-refractivity contribution in [3.05, 3.63) is 35.9 Å². The Labute approximate surface area is 129 Å². The van der Waals surface area contributed by atoms with E-state index in [9.17, 15) is 5.11 Å². The summed E-state index contributed by atoms with van der Waals surface area (Å²) in [6.07, 6.45) is 10.8. The molecule has 2 fully saturated rings. The molecule has 2 aliphatic rings. The number of benzene rings is 1. The van der Waals surface area contributed by atoms with Gasteiger partial charge in [-0.2, -0.15) is 0 Å². The van der Waals surface area contributed by atoms with E-state index in [1.165, 1.54) is 50.5 Å². The van der Waals surface area contributed by atoms with Crippen LogP contribution in [0.15, 0.2) is 30.3 Å². The van der Waals surface area contributed by atoms with Crippen LogP contribution in [0.5, 0.6) is 0 Å². The largest absolute Gasteiger partial charge is 0.392 e. The number of aliphatic hydroxyl groups is 1. The van der Waals surface area contributed by atoms with Crippen LogP contribution in [-0.4, -0.2) is 23.3 Å². The predicted molar refractivity (Wildman–Crippen MR) is 87.5 cm³/mol. The summed E-state index contributed by atoms with van der Waals surface area (Å²) < 4.78 is 0. The van der Waals surface area contributed by atoms with Crippen LogP contribution >= 0.6 is 0 Å². The lowest BCUT2D eigenvalue weighted by Gasteiger charge is -2.33. The highest BCUT2D eigenvalue weighted by atomic mass is 16.3. The average Bonchev–Trinajstić information content (AvgIpc) is 2.74. The minimum atomic E-state index is -0.126. The number of aliphatic hydroxyl groups excluding tert-OH is 1. The normalized spacial score (nSPS) is 34.3. The van der Waals surface area contributed by atoms with Gasteiger partial charge in [-0.1, -0.05) is 49.6 Å². The van der Waals surface area contributed by atoms with Crippen molar-refractivity contribution in [2.75, 3.05) is 0 Å². The molecule has 0 saturated heterocycles. The van der Waals surface area contributed by atoms with E-state index in [0.29, 0.717) is 12.1 Å². The molecule has 3 rings (SSSR count). The van der Waals surface area contributed by atoms with Gasteiger partial charge in [-0.05, 0) is 50.0 Å². The Morgan fingerprint density at radius 2 is 1.52 bits per heavy atom. The summed E-state index contributed by atoms with van der Waals surface area (Å²) in [5, 5.41) is 14.0. The number of hydrogen-bond donors (Lipinski definition) is 2. The molecule has 0 aliphatic heterocycles. The van der Waals surface area contributed by atoms with Crippen molar-refractivity contribution in [3.63, 3.8) is 0 Å². The van der Waals surface area contributed by atoms with Crippen molar-refractivity contribution in [2.45, 2.75) is 81.9 Å². The van der Waals surface area contributed by atoms with E-state index in [2.05, 4.69) is 35.6 Å². The van der Waals surface area contributed by atoms with Crippen LogP contribution in [0, 0.1) is 0 Å². The fourth-order valence-electron chi connectivity index (χ4n) is 4.10. The summed E-state index contributed by atoms with van der Waals surface area (Å²) in [4.78, 5) is 0. The van der Waals surface area contributed by atoms with Gasteiger partial charge >= 0.3 is 0 Å². The molecule has 1 aromatic carbocycles. The van der Waals surface area contributed by atoms with E-state index in [-0.39, 0.29) is 6.10 Å². The minimum Gasteiger partial charge on any atom is -0.392 e. The standard InChI is InChI=1S/C19H29NO/c21-19-10-6-2-5-9-18(19)20-17-13-11-16(12-14-17)15-7-3-1-4-8-15/h1,3-4,7-8,16-21H,2,5-6,9-14H2. The molecule has 116 valence electrons. The average molecular weight is 287 g/mol. The molecule has 2 saturated carbocycles. The zero-order valence-electron chi connectivity index (χ0n) is 13.0. The summed E-state index contributed by atoms with van der Waals surface area (Å²) in [5.74, 6) is 0.739. The van der Waals surface area contributed by atoms with Crippen LogP contribution in [0.3, 0.4) is 0 Å². The zero-order valence-corrected chi connectivity index (χ0v) is 13.0. The monoisotopic (exact) mass is 287 g/mol. The minimum absolute atomic E-state index is 0.126. The number of hydrogen-bond acceptors (Lipinski definition) is 2. The summed E-state index contributed by atoms with van der Waals surface area (Å²) in [6.45, 7) is 0. The van der Waals surface area contributed by atoms with Gasteiger partial charge in [0.2, 0.25) is 0 Å². The Kier molecular flexibility index (Phi) is 5.32. The van der Waals surface area contributed by atoms with Gasteiger partial charge in [0.05, 0.1) is 6.10 Å². The molecule has 21 heavy (non-hydrogen) atoms. The maximum Gasteiger partial charge on any atom is 0.0693 e. The summed E-state index contributed by atoms with van der Waals surface area (Å²) in [7, 11) is 0. The van der Waals surface area contributed by atoms with Crippen molar-refractivity contribution < 1.29 is 5.11 Å². The topological polar surface area (TPSA) is 32.3 Å². The smallest absolute Gasteiger partial charge is 0.0693 e. The van der Waals surface area contributed by atoms with Gasteiger partial charge < -0.3 is 10.4 Å². The Morgan fingerprint density at radius 1 is 0.810 bits per heavy atom. The maximum absolute atomic E-state index is 10.2. The van der Waals surface area contributed by atoms with E-state index in [4.69, 9.17) is 0 Å². The molecule has 2 nitrogen and oxygen atoms in total. The van der Waals surface area contributed by atoms with Crippen molar-refractivity contribution in [3.8, 4) is 0 Å². The molecule has 2 N–H and O–H groups in total. The molecule has 2 unspecified atom stereocenters.